The van der Waals surface area contributed by atoms with Crippen molar-refractivity contribution in [2.45, 2.75) is 30.3 Å². The summed E-state index contributed by atoms with van der Waals surface area (Å²) in [5, 5.41) is 11.6. The Morgan fingerprint density at radius 1 is 1.06 bits per heavy atom. The van der Waals surface area contributed by atoms with E-state index in [-0.39, 0.29) is 11.9 Å². The Morgan fingerprint density at radius 3 is 2.55 bits per heavy atom. The lowest BCUT2D eigenvalue weighted by atomic mass is 9.91. The molecular weight excluding hydrogens is 394 g/mol. The van der Waals surface area contributed by atoms with E-state index in [2.05, 4.69) is 15.5 Å². The van der Waals surface area contributed by atoms with Gasteiger partial charge in [-0.2, -0.15) is 0 Å². The van der Waals surface area contributed by atoms with Crippen LogP contribution in [0, 0.1) is 0 Å². The second-order valence-electron chi connectivity index (χ2n) is 8.69. The normalized spacial score (nSPS) is 23.1. The molecule has 8 heteroatoms. The van der Waals surface area contributed by atoms with Gasteiger partial charge in [0.25, 0.3) is 0 Å². The molecule has 0 bridgehead atoms. The van der Waals surface area contributed by atoms with Crippen molar-refractivity contribution in [1.82, 2.24) is 25.1 Å². The maximum Gasteiger partial charge on any atom is 0.339 e. The summed E-state index contributed by atoms with van der Waals surface area (Å²) in [4.78, 5) is 27.8. The topological polar surface area (TPSA) is 90.2 Å². The molecule has 1 unspecified atom stereocenters. The first-order valence-electron chi connectivity index (χ1n) is 10.5. The number of hydrogen-bond donors (Lipinski definition) is 0. The molecule has 0 radical (unpaired) electrons. The SMILES string of the molecule is Cn1nnnc1-c1ccc(C2(C(=O)N3CCC4(C3)OC(=O)c3ccccc34)CC2)cc1. The molecule has 1 saturated carbocycles. The van der Waals surface area contributed by atoms with Crippen molar-refractivity contribution in [1.29, 1.82) is 0 Å². The smallest absolute Gasteiger partial charge is 0.339 e. The van der Waals surface area contributed by atoms with E-state index in [0.29, 0.717) is 30.9 Å². The van der Waals surface area contributed by atoms with Crippen LogP contribution in [0.1, 0.15) is 40.7 Å². The maximum atomic E-state index is 13.6. The Labute approximate surface area is 178 Å². The number of tetrazole rings is 1. The summed E-state index contributed by atoms with van der Waals surface area (Å²) in [7, 11) is 1.80. The molecule has 156 valence electrons. The summed E-state index contributed by atoms with van der Waals surface area (Å²) in [6.45, 7) is 1.00. The van der Waals surface area contributed by atoms with E-state index in [1.807, 2.05) is 47.4 Å². The Hall–Kier alpha value is -3.55. The summed E-state index contributed by atoms with van der Waals surface area (Å²) in [5.74, 6) is 0.517. The Balaban J connectivity index is 1.25. The third-order valence-corrected chi connectivity index (χ3v) is 6.92. The predicted octanol–water partition coefficient (Wildman–Crippen LogP) is 2.21. The highest BCUT2D eigenvalue weighted by Crippen LogP contribution is 2.52. The molecule has 3 aliphatic rings. The number of likely N-dealkylation sites (tertiary alicyclic amines) is 1. The number of nitrogens with zero attached hydrogens (tertiary/aromatic N) is 5. The fraction of sp³-hybridized carbons (Fsp3) is 0.348. The van der Waals surface area contributed by atoms with E-state index in [9.17, 15) is 9.59 Å². The molecule has 1 atom stereocenters. The standard InChI is InChI=1S/C23H21N5O3/c1-27-19(24-25-26-27)15-6-8-16(9-7-15)22(10-11-22)21(30)28-13-12-23(14-28)18-5-3-2-4-17(18)20(29)31-23/h2-9H,10-14H2,1H3. The number of carbonyl (C=O) groups is 2. The van der Waals surface area contributed by atoms with Crippen molar-refractivity contribution in [3.05, 3.63) is 65.2 Å². The van der Waals surface area contributed by atoms with Crippen LogP contribution in [0.3, 0.4) is 0 Å². The van der Waals surface area contributed by atoms with Crippen molar-refractivity contribution >= 4 is 11.9 Å². The van der Waals surface area contributed by atoms with E-state index in [4.69, 9.17) is 4.74 Å². The molecule has 0 N–H and O–H groups in total. The van der Waals surface area contributed by atoms with E-state index >= 15 is 0 Å². The van der Waals surface area contributed by atoms with Crippen LogP contribution in [0.25, 0.3) is 11.4 Å². The zero-order valence-electron chi connectivity index (χ0n) is 17.1. The molecule has 3 heterocycles. The molecule has 1 amide bonds. The lowest BCUT2D eigenvalue weighted by Crippen LogP contribution is -2.40. The minimum Gasteiger partial charge on any atom is -0.449 e. The molecule has 2 fully saturated rings. The minimum atomic E-state index is -0.707. The third kappa shape index (κ3) is 2.57. The minimum absolute atomic E-state index is 0.123. The highest BCUT2D eigenvalue weighted by molar-refractivity contribution is 5.96. The average molecular weight is 415 g/mol. The van der Waals surface area contributed by atoms with Crippen molar-refractivity contribution in [2.75, 3.05) is 13.1 Å². The number of carbonyl (C=O) groups excluding carboxylic acids is 2. The molecule has 3 aromatic rings. The fourth-order valence-corrected chi connectivity index (χ4v) is 5.07. The first-order chi connectivity index (χ1) is 15.0. The van der Waals surface area contributed by atoms with Gasteiger partial charge in [-0.05, 0) is 34.9 Å². The molecule has 2 aromatic carbocycles. The zero-order chi connectivity index (χ0) is 21.2. The van der Waals surface area contributed by atoms with Crippen LogP contribution >= 0.6 is 0 Å². The van der Waals surface area contributed by atoms with Gasteiger partial charge in [0, 0.05) is 31.1 Å². The van der Waals surface area contributed by atoms with Gasteiger partial charge in [0.2, 0.25) is 5.91 Å². The number of aryl methyl sites for hydroxylation is 1. The highest BCUT2D eigenvalue weighted by atomic mass is 16.6. The number of amides is 1. The third-order valence-electron chi connectivity index (χ3n) is 6.92. The highest BCUT2D eigenvalue weighted by Gasteiger charge is 2.57. The summed E-state index contributed by atoms with van der Waals surface area (Å²) in [6, 6.07) is 15.5. The molecule has 1 spiro atoms. The Bertz CT molecular complexity index is 1210. The maximum absolute atomic E-state index is 13.6. The molecule has 6 rings (SSSR count). The van der Waals surface area contributed by atoms with E-state index in [0.717, 1.165) is 29.5 Å². The van der Waals surface area contributed by atoms with Gasteiger partial charge in [0.15, 0.2) is 11.4 Å². The molecule has 31 heavy (non-hydrogen) atoms. The van der Waals surface area contributed by atoms with Gasteiger partial charge in [-0.3, -0.25) is 4.79 Å². The van der Waals surface area contributed by atoms with Gasteiger partial charge in [-0.1, -0.05) is 42.5 Å². The second-order valence-corrected chi connectivity index (χ2v) is 8.69. The second kappa shape index (κ2) is 6.23. The van der Waals surface area contributed by atoms with Crippen LogP contribution < -0.4 is 0 Å². The largest absolute Gasteiger partial charge is 0.449 e. The van der Waals surface area contributed by atoms with Gasteiger partial charge >= 0.3 is 5.97 Å². The van der Waals surface area contributed by atoms with Crippen LogP contribution in [0.5, 0.6) is 0 Å². The predicted molar refractivity (Wildman–Crippen MR) is 110 cm³/mol. The quantitative estimate of drug-likeness (QED) is 0.609. The van der Waals surface area contributed by atoms with Crippen molar-refractivity contribution in [3.8, 4) is 11.4 Å². The van der Waals surface area contributed by atoms with E-state index in [1.54, 1.807) is 17.8 Å². The lowest BCUT2D eigenvalue weighted by molar-refractivity contribution is -0.134. The number of benzene rings is 2. The number of rotatable bonds is 3. The van der Waals surface area contributed by atoms with Gasteiger partial charge in [0.1, 0.15) is 0 Å². The number of hydrogen-bond acceptors (Lipinski definition) is 6. The van der Waals surface area contributed by atoms with Crippen LogP contribution in [0.4, 0.5) is 0 Å². The monoisotopic (exact) mass is 415 g/mol. The first kappa shape index (κ1) is 18.2. The molecular formula is C23H21N5O3. The Morgan fingerprint density at radius 2 is 1.84 bits per heavy atom. The molecule has 1 aliphatic carbocycles. The summed E-state index contributed by atoms with van der Waals surface area (Å²) >= 11 is 0. The van der Waals surface area contributed by atoms with Crippen LogP contribution in [0.2, 0.25) is 0 Å². The Kier molecular flexibility index (Phi) is 3.66. The van der Waals surface area contributed by atoms with Gasteiger partial charge in [0.05, 0.1) is 17.5 Å². The lowest BCUT2D eigenvalue weighted by Gasteiger charge is -2.27. The van der Waals surface area contributed by atoms with Crippen molar-refractivity contribution in [3.63, 3.8) is 0 Å². The molecule has 1 saturated heterocycles. The van der Waals surface area contributed by atoms with Crippen molar-refractivity contribution < 1.29 is 14.3 Å². The van der Waals surface area contributed by atoms with Crippen molar-refractivity contribution in [2.24, 2.45) is 7.05 Å². The van der Waals surface area contributed by atoms with E-state index < -0.39 is 11.0 Å². The summed E-state index contributed by atoms with van der Waals surface area (Å²) in [5.41, 5.74) is 2.26. The number of fused-ring (bicyclic) bond motifs is 2. The molecule has 2 aliphatic heterocycles. The summed E-state index contributed by atoms with van der Waals surface area (Å²) in [6.07, 6.45) is 2.29. The number of esters is 1. The number of ether oxygens (including phenoxy) is 1. The fourth-order valence-electron chi connectivity index (χ4n) is 5.07. The molecule has 8 nitrogen and oxygen atoms in total. The van der Waals surface area contributed by atoms with Gasteiger partial charge < -0.3 is 9.64 Å². The number of aromatic nitrogens is 4. The average Bonchev–Trinajstić information content (AvgIpc) is 3.18. The van der Waals surface area contributed by atoms with Gasteiger partial charge in [-0.25, -0.2) is 9.48 Å². The summed E-state index contributed by atoms with van der Waals surface area (Å²) < 4.78 is 7.44. The van der Waals surface area contributed by atoms with Crippen LogP contribution in [0.15, 0.2) is 48.5 Å². The molecule has 1 aromatic heterocycles. The van der Waals surface area contributed by atoms with Crippen LogP contribution in [-0.2, 0) is 27.6 Å². The first-order valence-corrected chi connectivity index (χ1v) is 10.5. The van der Waals surface area contributed by atoms with Gasteiger partial charge in [-0.15, -0.1) is 5.10 Å². The zero-order valence-corrected chi connectivity index (χ0v) is 17.1. The van der Waals surface area contributed by atoms with Crippen LogP contribution in [-0.4, -0.2) is 50.1 Å². The van der Waals surface area contributed by atoms with E-state index in [1.165, 1.54) is 0 Å².